The van der Waals surface area contributed by atoms with Gasteiger partial charge in [0.1, 0.15) is 0 Å². The largest absolute Gasteiger partial charge is 0.338 e. The third-order valence-corrected chi connectivity index (χ3v) is 6.23. The number of carbonyl (C=O) groups excluding carboxylic acids is 2. The summed E-state index contributed by atoms with van der Waals surface area (Å²) >= 11 is 1.59. The van der Waals surface area contributed by atoms with Gasteiger partial charge in [-0.05, 0) is 38.2 Å². The number of nitrogens with one attached hydrogen (secondary N) is 1. The molecule has 0 spiro atoms. The van der Waals surface area contributed by atoms with Gasteiger partial charge in [-0.2, -0.15) is 0 Å². The van der Waals surface area contributed by atoms with Crippen LogP contribution in [-0.2, 0) is 29.0 Å². The van der Waals surface area contributed by atoms with Crippen LogP contribution in [-0.4, -0.2) is 28.2 Å². The van der Waals surface area contributed by atoms with Crippen molar-refractivity contribution in [2.45, 2.75) is 45.6 Å². The van der Waals surface area contributed by atoms with Gasteiger partial charge < -0.3 is 10.2 Å². The number of fused-ring (bicyclic) bond motifs is 1. The van der Waals surface area contributed by atoms with E-state index >= 15 is 0 Å². The number of anilines is 1. The monoisotopic (exact) mass is 369 g/mol. The van der Waals surface area contributed by atoms with Crippen molar-refractivity contribution >= 4 is 28.3 Å². The van der Waals surface area contributed by atoms with Crippen LogP contribution < -0.4 is 5.32 Å². The zero-order valence-electron chi connectivity index (χ0n) is 15.0. The van der Waals surface area contributed by atoms with E-state index in [1.54, 1.807) is 16.2 Å². The minimum absolute atomic E-state index is 0.0455. The molecule has 0 radical (unpaired) electrons. The van der Waals surface area contributed by atoms with E-state index in [0.717, 1.165) is 24.1 Å². The molecule has 5 nitrogen and oxygen atoms in total. The van der Waals surface area contributed by atoms with Crippen LogP contribution >= 0.6 is 11.3 Å². The summed E-state index contributed by atoms with van der Waals surface area (Å²) in [6.45, 7) is 3.08. The first-order valence-corrected chi connectivity index (χ1v) is 10.0. The summed E-state index contributed by atoms with van der Waals surface area (Å²) in [7, 11) is 0. The Morgan fingerprint density at radius 1 is 1.27 bits per heavy atom. The summed E-state index contributed by atoms with van der Waals surface area (Å²) in [4.78, 5) is 32.5. The highest BCUT2D eigenvalue weighted by Crippen LogP contribution is 2.30. The number of nitrogens with zero attached hydrogens (tertiary/aromatic N) is 2. The summed E-state index contributed by atoms with van der Waals surface area (Å²) in [5.41, 5.74) is 3.43. The van der Waals surface area contributed by atoms with Gasteiger partial charge in [0.25, 0.3) is 0 Å². The maximum absolute atomic E-state index is 12.6. The number of aryl methyl sites for hydroxylation is 3. The Hall–Kier alpha value is -2.21. The number of likely N-dealkylation sites (tertiary alicyclic amines) is 1. The molecule has 1 aromatic heterocycles. The van der Waals surface area contributed by atoms with E-state index in [4.69, 9.17) is 0 Å². The van der Waals surface area contributed by atoms with Crippen LogP contribution in [0.3, 0.4) is 0 Å². The molecule has 1 N–H and O–H groups in total. The number of hydrogen-bond acceptors (Lipinski definition) is 4. The molecule has 26 heavy (non-hydrogen) atoms. The van der Waals surface area contributed by atoms with Crippen molar-refractivity contribution in [3.63, 3.8) is 0 Å². The van der Waals surface area contributed by atoms with E-state index in [0.29, 0.717) is 18.2 Å². The van der Waals surface area contributed by atoms with Gasteiger partial charge in [-0.25, -0.2) is 4.98 Å². The molecule has 2 aliphatic rings. The Bertz CT molecular complexity index is 805. The van der Waals surface area contributed by atoms with Gasteiger partial charge in [0.2, 0.25) is 11.8 Å². The molecule has 1 atom stereocenters. The van der Waals surface area contributed by atoms with Gasteiger partial charge in [-0.3, -0.25) is 9.59 Å². The number of amides is 2. The molecule has 6 heteroatoms. The van der Waals surface area contributed by atoms with E-state index in [-0.39, 0.29) is 24.2 Å². The molecule has 0 saturated carbocycles. The molecule has 1 fully saturated rings. The van der Waals surface area contributed by atoms with Gasteiger partial charge in [0.05, 0.1) is 11.6 Å². The molecule has 4 rings (SSSR count). The molecule has 1 aliphatic carbocycles. The first-order chi connectivity index (χ1) is 12.6. The molecule has 136 valence electrons. The molecule has 2 amide bonds. The minimum atomic E-state index is -0.297. The quantitative estimate of drug-likeness (QED) is 0.899. The summed E-state index contributed by atoms with van der Waals surface area (Å²) < 4.78 is 0. The van der Waals surface area contributed by atoms with E-state index < -0.39 is 0 Å². The molecule has 2 aromatic rings. The van der Waals surface area contributed by atoms with Crippen LogP contribution in [0.5, 0.6) is 0 Å². The van der Waals surface area contributed by atoms with Crippen molar-refractivity contribution in [3.05, 3.63) is 46.0 Å². The molecular formula is C20H23N3O2S. The Kier molecular flexibility index (Phi) is 4.76. The lowest BCUT2D eigenvalue weighted by Gasteiger charge is -2.16. The van der Waals surface area contributed by atoms with Gasteiger partial charge in [0.15, 0.2) is 5.13 Å². The van der Waals surface area contributed by atoms with E-state index in [1.165, 1.54) is 23.3 Å². The summed E-state index contributed by atoms with van der Waals surface area (Å²) in [5.74, 6) is -0.339. The first-order valence-electron chi connectivity index (χ1n) is 9.21. The Labute approximate surface area is 157 Å². The third kappa shape index (κ3) is 3.65. The van der Waals surface area contributed by atoms with Crippen molar-refractivity contribution in [2.24, 2.45) is 5.92 Å². The second kappa shape index (κ2) is 7.19. The Morgan fingerprint density at radius 3 is 2.81 bits per heavy atom. The smallest absolute Gasteiger partial charge is 0.231 e. The highest BCUT2D eigenvalue weighted by atomic mass is 32.1. The van der Waals surface area contributed by atoms with Gasteiger partial charge in [-0.1, -0.05) is 29.8 Å². The lowest BCUT2D eigenvalue weighted by molar-refractivity contribution is -0.128. The normalized spacial score (nSPS) is 19.5. The van der Waals surface area contributed by atoms with Gasteiger partial charge in [0, 0.05) is 24.4 Å². The second-order valence-electron chi connectivity index (χ2n) is 7.25. The van der Waals surface area contributed by atoms with E-state index in [9.17, 15) is 9.59 Å². The van der Waals surface area contributed by atoms with Crippen molar-refractivity contribution in [1.82, 2.24) is 9.88 Å². The molecule has 0 bridgehead atoms. The fourth-order valence-electron chi connectivity index (χ4n) is 3.63. The number of benzene rings is 1. The van der Waals surface area contributed by atoms with Gasteiger partial charge in [-0.15, -0.1) is 11.3 Å². The van der Waals surface area contributed by atoms with Crippen LogP contribution in [0.4, 0.5) is 5.13 Å². The van der Waals surface area contributed by atoms with E-state index in [2.05, 4.69) is 10.3 Å². The maximum atomic E-state index is 12.6. The molecular weight excluding hydrogens is 346 g/mol. The fraction of sp³-hybridized carbons (Fsp3) is 0.450. The second-order valence-corrected chi connectivity index (χ2v) is 8.33. The van der Waals surface area contributed by atoms with Gasteiger partial charge >= 0.3 is 0 Å². The third-order valence-electron chi connectivity index (χ3n) is 5.16. The molecule has 1 saturated heterocycles. The Balaban J connectivity index is 1.37. The standard InChI is InChI=1S/C20H23N3O2S/c1-13-6-8-14(9-7-13)11-23-12-15(10-18(23)24)19(25)22-20-21-16-4-2-3-5-17(16)26-20/h6-9,15H,2-5,10-12H2,1H3,(H,21,22,25). The average Bonchev–Trinajstić information content (AvgIpc) is 3.20. The predicted molar refractivity (Wildman–Crippen MR) is 102 cm³/mol. The van der Waals surface area contributed by atoms with E-state index in [1.807, 2.05) is 31.2 Å². The van der Waals surface area contributed by atoms with Crippen molar-refractivity contribution in [2.75, 3.05) is 11.9 Å². The van der Waals surface area contributed by atoms with Crippen molar-refractivity contribution in [1.29, 1.82) is 0 Å². The zero-order chi connectivity index (χ0) is 18.1. The molecule has 1 aliphatic heterocycles. The number of hydrogen-bond donors (Lipinski definition) is 1. The van der Waals surface area contributed by atoms with Crippen LogP contribution in [0.1, 0.15) is 41.0 Å². The molecule has 2 heterocycles. The van der Waals surface area contributed by atoms with Crippen molar-refractivity contribution < 1.29 is 9.59 Å². The number of aromatic nitrogens is 1. The Morgan fingerprint density at radius 2 is 2.04 bits per heavy atom. The fourth-order valence-corrected chi connectivity index (χ4v) is 4.68. The lowest BCUT2D eigenvalue weighted by Crippen LogP contribution is -2.28. The van der Waals surface area contributed by atoms with Crippen LogP contribution in [0, 0.1) is 12.8 Å². The van der Waals surface area contributed by atoms with Crippen LogP contribution in [0.2, 0.25) is 0 Å². The lowest BCUT2D eigenvalue weighted by atomic mass is 10.0. The van der Waals surface area contributed by atoms with Crippen molar-refractivity contribution in [3.8, 4) is 0 Å². The molecule has 1 unspecified atom stereocenters. The number of carbonyl (C=O) groups is 2. The SMILES string of the molecule is Cc1ccc(CN2CC(C(=O)Nc3nc4c(s3)CCCC4)CC2=O)cc1. The van der Waals surface area contributed by atoms with Crippen LogP contribution in [0.15, 0.2) is 24.3 Å². The highest BCUT2D eigenvalue weighted by Gasteiger charge is 2.34. The maximum Gasteiger partial charge on any atom is 0.231 e. The number of thiazole rings is 1. The topological polar surface area (TPSA) is 62.3 Å². The highest BCUT2D eigenvalue weighted by molar-refractivity contribution is 7.15. The number of rotatable bonds is 4. The first kappa shape index (κ1) is 17.2. The summed E-state index contributed by atoms with van der Waals surface area (Å²) in [6.07, 6.45) is 4.73. The average molecular weight is 369 g/mol. The summed E-state index contributed by atoms with van der Waals surface area (Å²) in [6, 6.07) is 8.17. The van der Waals surface area contributed by atoms with Crippen LogP contribution in [0.25, 0.3) is 0 Å². The summed E-state index contributed by atoms with van der Waals surface area (Å²) in [5, 5.41) is 3.63. The zero-order valence-corrected chi connectivity index (χ0v) is 15.8. The molecule has 1 aromatic carbocycles. The predicted octanol–water partition coefficient (Wildman–Crippen LogP) is 3.32. The minimum Gasteiger partial charge on any atom is -0.338 e.